The van der Waals surface area contributed by atoms with Crippen LogP contribution < -0.4 is 10.2 Å². The van der Waals surface area contributed by atoms with Crippen molar-refractivity contribution in [3.8, 4) is 10.4 Å². The van der Waals surface area contributed by atoms with Crippen LogP contribution in [0.25, 0.3) is 10.4 Å². The number of aryl methyl sites for hydroxylation is 1. The van der Waals surface area contributed by atoms with Crippen LogP contribution in [-0.4, -0.2) is 33.9 Å². The summed E-state index contributed by atoms with van der Waals surface area (Å²) >= 11 is 1.16. The molecule has 1 aliphatic carbocycles. The number of rotatable bonds is 7. The van der Waals surface area contributed by atoms with Gasteiger partial charge in [-0.1, -0.05) is 19.1 Å². The molecule has 0 atom stereocenters. The monoisotopic (exact) mass is 519 g/mol. The zero-order valence-electron chi connectivity index (χ0n) is 21.7. The van der Waals surface area contributed by atoms with Gasteiger partial charge in [-0.2, -0.15) is 0 Å². The van der Waals surface area contributed by atoms with E-state index in [2.05, 4.69) is 17.2 Å². The van der Waals surface area contributed by atoms with Crippen LogP contribution in [-0.2, 0) is 4.79 Å². The van der Waals surface area contributed by atoms with Gasteiger partial charge >= 0.3 is 5.97 Å². The average Bonchev–Trinajstić information content (AvgIpc) is 3.30. The number of pyridine rings is 1. The fraction of sp³-hybridized carbons (Fsp3) is 0.379. The number of aromatic carboxylic acids is 1. The summed E-state index contributed by atoms with van der Waals surface area (Å²) in [5.74, 6) is -0.732. The van der Waals surface area contributed by atoms with Crippen molar-refractivity contribution in [3.63, 3.8) is 0 Å². The van der Waals surface area contributed by atoms with Gasteiger partial charge in [0.15, 0.2) is 0 Å². The van der Waals surface area contributed by atoms with Gasteiger partial charge in [0, 0.05) is 34.9 Å². The van der Waals surface area contributed by atoms with Crippen LogP contribution in [0.4, 0.5) is 11.4 Å². The fourth-order valence-corrected chi connectivity index (χ4v) is 5.80. The molecule has 1 aliphatic rings. The Morgan fingerprint density at radius 1 is 1.05 bits per heavy atom. The summed E-state index contributed by atoms with van der Waals surface area (Å²) in [7, 11) is 0. The topological polar surface area (TPSA) is 99.6 Å². The lowest BCUT2D eigenvalue weighted by Gasteiger charge is -2.33. The van der Waals surface area contributed by atoms with Crippen molar-refractivity contribution in [2.24, 2.45) is 11.8 Å². The highest BCUT2D eigenvalue weighted by Gasteiger charge is 2.33. The Morgan fingerprint density at radius 3 is 2.32 bits per heavy atom. The zero-order chi connectivity index (χ0) is 26.7. The number of carbonyl (C=O) groups is 3. The quantitative estimate of drug-likeness (QED) is 0.365. The molecule has 2 heterocycles. The Bertz CT molecular complexity index is 1290. The first-order valence-electron chi connectivity index (χ1n) is 12.7. The van der Waals surface area contributed by atoms with Crippen molar-refractivity contribution >= 4 is 40.5 Å². The highest BCUT2D eigenvalue weighted by atomic mass is 32.1. The highest BCUT2D eigenvalue weighted by Crippen LogP contribution is 2.40. The van der Waals surface area contributed by atoms with Crippen molar-refractivity contribution < 1.29 is 19.5 Å². The average molecular weight is 520 g/mol. The van der Waals surface area contributed by atoms with Gasteiger partial charge < -0.3 is 15.3 Å². The van der Waals surface area contributed by atoms with Gasteiger partial charge in [-0.25, -0.2) is 4.79 Å². The van der Waals surface area contributed by atoms with Gasteiger partial charge in [0.25, 0.3) is 5.91 Å². The SMILES string of the molecule is Cc1cncc(C(=O)Nc2ccc(-c3cc(N(C(=O)C4CCC(C)CC4)C(C)C)c(C(=O)O)s3)cc2)c1. The van der Waals surface area contributed by atoms with Gasteiger partial charge in [-0.15, -0.1) is 11.3 Å². The van der Waals surface area contributed by atoms with Gasteiger partial charge in [-0.3, -0.25) is 14.6 Å². The van der Waals surface area contributed by atoms with E-state index in [1.165, 1.54) is 6.20 Å². The van der Waals surface area contributed by atoms with Crippen molar-refractivity contribution in [3.05, 3.63) is 64.8 Å². The van der Waals surface area contributed by atoms with Gasteiger partial charge in [0.05, 0.1) is 11.3 Å². The molecule has 2 amide bonds. The first-order chi connectivity index (χ1) is 17.6. The van der Waals surface area contributed by atoms with E-state index in [0.29, 0.717) is 22.9 Å². The zero-order valence-corrected chi connectivity index (χ0v) is 22.5. The maximum atomic E-state index is 13.5. The minimum Gasteiger partial charge on any atom is -0.477 e. The second kappa shape index (κ2) is 11.3. The summed E-state index contributed by atoms with van der Waals surface area (Å²) in [6.07, 6.45) is 6.93. The summed E-state index contributed by atoms with van der Waals surface area (Å²) < 4.78 is 0. The lowest BCUT2D eigenvalue weighted by molar-refractivity contribution is -0.123. The third-order valence-corrected chi connectivity index (χ3v) is 8.01. The molecule has 8 heteroatoms. The normalized spacial score (nSPS) is 17.4. The molecule has 2 aromatic heterocycles. The maximum Gasteiger partial charge on any atom is 0.348 e. The Morgan fingerprint density at radius 2 is 1.73 bits per heavy atom. The number of aromatic nitrogens is 1. The predicted molar refractivity (Wildman–Crippen MR) is 147 cm³/mol. The van der Waals surface area contributed by atoms with Crippen LogP contribution in [0.5, 0.6) is 0 Å². The molecular formula is C29H33N3O4S. The number of carboxylic acid groups (broad SMARTS) is 1. The third kappa shape index (κ3) is 6.07. The number of benzene rings is 1. The molecule has 7 nitrogen and oxygen atoms in total. The second-order valence-electron chi connectivity index (χ2n) is 10.2. The number of hydrogen-bond acceptors (Lipinski definition) is 5. The molecular weight excluding hydrogens is 486 g/mol. The lowest BCUT2D eigenvalue weighted by Crippen LogP contribution is -2.42. The Labute approximate surface area is 221 Å². The van der Waals surface area contributed by atoms with E-state index in [1.54, 1.807) is 29.3 Å². The van der Waals surface area contributed by atoms with Crippen molar-refractivity contribution in [1.82, 2.24) is 4.98 Å². The smallest absolute Gasteiger partial charge is 0.348 e. The number of anilines is 2. The standard InChI is InChI=1S/C29H33N3O4S/c1-17(2)32(28(34)21-7-5-18(3)6-8-21)24-14-25(37-26(24)29(35)36)20-9-11-23(12-10-20)31-27(33)22-13-19(4)15-30-16-22/h9-18,21H,5-8H2,1-4H3,(H,31,33)(H,35,36). The van der Waals surface area contributed by atoms with Gasteiger partial charge in [-0.05, 0) is 87.8 Å². The van der Waals surface area contributed by atoms with Crippen molar-refractivity contribution in [2.75, 3.05) is 10.2 Å². The summed E-state index contributed by atoms with van der Waals surface area (Å²) in [6.45, 7) is 7.94. The molecule has 1 saturated carbocycles. The maximum absolute atomic E-state index is 13.5. The minimum atomic E-state index is -1.04. The summed E-state index contributed by atoms with van der Waals surface area (Å²) in [5, 5.41) is 12.8. The van der Waals surface area contributed by atoms with Crippen LogP contribution in [0, 0.1) is 18.8 Å². The van der Waals surface area contributed by atoms with Crippen LogP contribution in [0.3, 0.4) is 0 Å². The molecule has 0 aliphatic heterocycles. The molecule has 0 spiro atoms. The number of amides is 2. The molecule has 0 bridgehead atoms. The molecule has 0 unspecified atom stereocenters. The van der Waals surface area contributed by atoms with E-state index in [-0.39, 0.29) is 28.7 Å². The molecule has 1 fully saturated rings. The van der Waals surface area contributed by atoms with E-state index < -0.39 is 5.97 Å². The molecule has 37 heavy (non-hydrogen) atoms. The number of nitrogens with one attached hydrogen (secondary N) is 1. The van der Waals surface area contributed by atoms with Crippen LogP contribution in [0.15, 0.2) is 48.8 Å². The lowest BCUT2D eigenvalue weighted by atomic mass is 9.82. The van der Waals surface area contributed by atoms with Gasteiger partial charge in [0.2, 0.25) is 5.91 Å². The van der Waals surface area contributed by atoms with Gasteiger partial charge in [0.1, 0.15) is 4.88 Å². The molecule has 4 rings (SSSR count). The second-order valence-corrected chi connectivity index (χ2v) is 11.2. The minimum absolute atomic E-state index is 0.0115. The van der Waals surface area contributed by atoms with E-state index >= 15 is 0 Å². The van der Waals surface area contributed by atoms with Crippen molar-refractivity contribution in [1.29, 1.82) is 0 Å². The number of thiophene rings is 1. The molecule has 0 radical (unpaired) electrons. The molecule has 1 aromatic carbocycles. The first kappa shape index (κ1) is 26.5. The Hall–Kier alpha value is -3.52. The number of hydrogen-bond donors (Lipinski definition) is 2. The number of nitrogens with zero attached hydrogens (tertiary/aromatic N) is 2. The van der Waals surface area contributed by atoms with Crippen molar-refractivity contribution in [2.45, 2.75) is 59.4 Å². The third-order valence-electron chi connectivity index (χ3n) is 6.85. The van der Waals surface area contributed by atoms with Crippen LogP contribution >= 0.6 is 11.3 Å². The Kier molecular flexibility index (Phi) is 8.07. The molecule has 0 saturated heterocycles. The summed E-state index contributed by atoms with van der Waals surface area (Å²) in [5.41, 5.74) is 3.27. The van der Waals surface area contributed by atoms with E-state index in [9.17, 15) is 19.5 Å². The molecule has 194 valence electrons. The predicted octanol–water partition coefficient (Wildman–Crippen LogP) is 6.64. The highest BCUT2D eigenvalue weighted by molar-refractivity contribution is 7.18. The van der Waals surface area contributed by atoms with Crippen LogP contribution in [0.1, 0.15) is 72.0 Å². The number of carbonyl (C=O) groups excluding carboxylic acids is 2. The first-order valence-corrected chi connectivity index (χ1v) is 13.5. The summed E-state index contributed by atoms with van der Waals surface area (Å²) in [6, 6.07) is 10.7. The van der Waals surface area contributed by atoms with Crippen LogP contribution in [0.2, 0.25) is 0 Å². The molecule has 3 aromatic rings. The summed E-state index contributed by atoms with van der Waals surface area (Å²) in [4.78, 5) is 44.9. The largest absolute Gasteiger partial charge is 0.477 e. The number of carboxylic acids is 1. The fourth-order valence-electron chi connectivity index (χ4n) is 4.81. The van der Waals surface area contributed by atoms with E-state index in [4.69, 9.17) is 0 Å². The van der Waals surface area contributed by atoms with E-state index in [0.717, 1.165) is 53.0 Å². The Balaban J connectivity index is 1.58. The van der Waals surface area contributed by atoms with E-state index in [1.807, 2.05) is 39.0 Å². The molecule has 2 N–H and O–H groups in total.